The molecule has 0 aliphatic carbocycles. The summed E-state index contributed by atoms with van der Waals surface area (Å²) < 4.78 is 5.66. The average molecular weight is 205 g/mol. The van der Waals surface area contributed by atoms with E-state index in [1.165, 1.54) is 11.1 Å². The molecule has 1 aliphatic heterocycles. The second-order valence-electron chi connectivity index (χ2n) is 4.39. The van der Waals surface area contributed by atoms with Gasteiger partial charge in [-0.1, -0.05) is 25.5 Å². The molecular formula is C13H19NO. The lowest BCUT2D eigenvalue weighted by molar-refractivity contribution is 0.254. The van der Waals surface area contributed by atoms with Crippen LogP contribution in [0.5, 0.6) is 5.75 Å². The molecule has 82 valence electrons. The fourth-order valence-electron chi connectivity index (χ4n) is 2.15. The lowest BCUT2D eigenvalue weighted by Crippen LogP contribution is -2.09. The highest BCUT2D eigenvalue weighted by Crippen LogP contribution is 2.31. The van der Waals surface area contributed by atoms with E-state index >= 15 is 0 Å². The van der Waals surface area contributed by atoms with Crippen LogP contribution in [-0.4, -0.2) is 6.10 Å². The zero-order valence-electron chi connectivity index (χ0n) is 9.49. The highest BCUT2D eigenvalue weighted by atomic mass is 16.5. The van der Waals surface area contributed by atoms with Crippen LogP contribution >= 0.6 is 0 Å². The van der Waals surface area contributed by atoms with E-state index in [4.69, 9.17) is 10.5 Å². The van der Waals surface area contributed by atoms with Crippen LogP contribution in [0.2, 0.25) is 0 Å². The van der Waals surface area contributed by atoms with E-state index in [1.807, 2.05) is 0 Å². The molecule has 2 atom stereocenters. The molecule has 2 rings (SSSR count). The van der Waals surface area contributed by atoms with Crippen molar-refractivity contribution in [2.24, 2.45) is 5.73 Å². The van der Waals surface area contributed by atoms with Gasteiger partial charge in [0.2, 0.25) is 0 Å². The number of nitrogens with two attached hydrogens (primary N) is 1. The Hall–Kier alpha value is -1.02. The molecule has 15 heavy (non-hydrogen) atoms. The van der Waals surface area contributed by atoms with Crippen LogP contribution < -0.4 is 10.5 Å². The second-order valence-corrected chi connectivity index (χ2v) is 4.39. The Kier molecular flexibility index (Phi) is 2.96. The molecule has 0 saturated heterocycles. The van der Waals surface area contributed by atoms with Gasteiger partial charge in [-0.25, -0.2) is 0 Å². The summed E-state index contributed by atoms with van der Waals surface area (Å²) in [6.07, 6.45) is 3.51. The molecule has 0 aromatic heterocycles. The summed E-state index contributed by atoms with van der Waals surface area (Å²) in [5.74, 6) is 1.04. The van der Waals surface area contributed by atoms with E-state index in [2.05, 4.69) is 32.0 Å². The first-order chi connectivity index (χ1) is 7.20. The van der Waals surface area contributed by atoms with Gasteiger partial charge in [0.1, 0.15) is 11.9 Å². The second kappa shape index (κ2) is 4.23. The van der Waals surface area contributed by atoms with Gasteiger partial charge in [-0.15, -0.1) is 0 Å². The third-order valence-electron chi connectivity index (χ3n) is 2.95. The zero-order valence-corrected chi connectivity index (χ0v) is 9.49. The molecule has 2 N–H and O–H groups in total. The normalized spacial score (nSPS) is 20.9. The molecular weight excluding hydrogens is 186 g/mol. The van der Waals surface area contributed by atoms with Gasteiger partial charge in [-0.2, -0.15) is 0 Å². The van der Waals surface area contributed by atoms with Crippen molar-refractivity contribution >= 4 is 0 Å². The van der Waals surface area contributed by atoms with Gasteiger partial charge in [0.05, 0.1) is 0 Å². The van der Waals surface area contributed by atoms with Crippen LogP contribution in [0.3, 0.4) is 0 Å². The molecule has 0 radical (unpaired) electrons. The lowest BCUT2D eigenvalue weighted by Gasteiger charge is -2.11. The Morgan fingerprint density at radius 3 is 3.07 bits per heavy atom. The molecule has 1 aliphatic rings. The zero-order chi connectivity index (χ0) is 10.8. The van der Waals surface area contributed by atoms with Gasteiger partial charge < -0.3 is 10.5 Å². The Bertz CT molecular complexity index is 348. The summed E-state index contributed by atoms with van der Waals surface area (Å²) in [4.78, 5) is 0. The summed E-state index contributed by atoms with van der Waals surface area (Å²) >= 11 is 0. The van der Waals surface area contributed by atoms with Crippen molar-refractivity contribution in [2.45, 2.75) is 45.3 Å². The smallest absolute Gasteiger partial charge is 0.123 e. The number of hydrogen-bond donors (Lipinski definition) is 1. The Balaban J connectivity index is 2.19. The number of ether oxygens (including phenoxy) is 1. The first-order valence-electron chi connectivity index (χ1n) is 5.75. The maximum absolute atomic E-state index is 6.09. The minimum Gasteiger partial charge on any atom is -0.490 e. The van der Waals surface area contributed by atoms with Crippen molar-refractivity contribution in [2.75, 3.05) is 0 Å². The van der Waals surface area contributed by atoms with Crippen LogP contribution in [0.25, 0.3) is 0 Å². The molecule has 1 aromatic carbocycles. The van der Waals surface area contributed by atoms with Crippen LogP contribution in [0.1, 0.15) is 43.9 Å². The van der Waals surface area contributed by atoms with E-state index < -0.39 is 0 Å². The molecule has 2 heteroatoms. The summed E-state index contributed by atoms with van der Waals surface area (Å²) in [5.41, 5.74) is 8.65. The van der Waals surface area contributed by atoms with E-state index in [-0.39, 0.29) is 6.04 Å². The third kappa shape index (κ3) is 2.15. The lowest BCUT2D eigenvalue weighted by atomic mass is 9.99. The van der Waals surface area contributed by atoms with Gasteiger partial charge >= 0.3 is 0 Å². The summed E-state index contributed by atoms with van der Waals surface area (Å²) in [5, 5.41) is 0. The maximum atomic E-state index is 6.09. The minimum absolute atomic E-state index is 0.177. The largest absolute Gasteiger partial charge is 0.490 e. The minimum atomic E-state index is 0.177. The summed E-state index contributed by atoms with van der Waals surface area (Å²) in [7, 11) is 0. The van der Waals surface area contributed by atoms with Crippen LogP contribution in [-0.2, 0) is 6.42 Å². The first kappa shape index (κ1) is 10.5. The Labute approximate surface area is 91.4 Å². The van der Waals surface area contributed by atoms with Crippen molar-refractivity contribution in [1.29, 1.82) is 0 Å². The molecule has 0 saturated carbocycles. The Morgan fingerprint density at radius 2 is 2.33 bits per heavy atom. The molecule has 0 bridgehead atoms. The van der Waals surface area contributed by atoms with Crippen molar-refractivity contribution in [1.82, 2.24) is 0 Å². The van der Waals surface area contributed by atoms with Gasteiger partial charge in [-0.05, 0) is 30.5 Å². The van der Waals surface area contributed by atoms with Crippen LogP contribution in [0, 0.1) is 0 Å². The number of fused-ring (bicyclic) bond motifs is 1. The van der Waals surface area contributed by atoms with E-state index in [0.29, 0.717) is 6.10 Å². The van der Waals surface area contributed by atoms with Crippen molar-refractivity contribution < 1.29 is 4.74 Å². The number of benzene rings is 1. The first-order valence-corrected chi connectivity index (χ1v) is 5.75. The van der Waals surface area contributed by atoms with E-state index in [0.717, 1.165) is 25.0 Å². The molecule has 0 amide bonds. The molecule has 2 nitrogen and oxygen atoms in total. The number of hydrogen-bond acceptors (Lipinski definition) is 2. The summed E-state index contributed by atoms with van der Waals surface area (Å²) in [6, 6.07) is 6.54. The fraction of sp³-hybridized carbons (Fsp3) is 0.538. The number of rotatable bonds is 3. The SMILES string of the molecule is CCCC(N)c1ccc2c(c1)CC(C)O2. The molecule has 1 heterocycles. The highest BCUT2D eigenvalue weighted by molar-refractivity contribution is 5.41. The Morgan fingerprint density at radius 1 is 1.53 bits per heavy atom. The van der Waals surface area contributed by atoms with Crippen molar-refractivity contribution in [3.05, 3.63) is 29.3 Å². The van der Waals surface area contributed by atoms with Gasteiger partial charge in [0, 0.05) is 12.5 Å². The predicted molar refractivity (Wildman–Crippen MR) is 62.1 cm³/mol. The molecule has 1 aromatic rings. The molecule has 2 unspecified atom stereocenters. The third-order valence-corrected chi connectivity index (χ3v) is 2.95. The fourth-order valence-corrected chi connectivity index (χ4v) is 2.15. The molecule has 0 spiro atoms. The summed E-state index contributed by atoms with van der Waals surface area (Å²) in [6.45, 7) is 4.27. The quantitative estimate of drug-likeness (QED) is 0.823. The van der Waals surface area contributed by atoms with Crippen LogP contribution in [0.4, 0.5) is 0 Å². The average Bonchev–Trinajstić information content (AvgIpc) is 2.57. The predicted octanol–water partition coefficient (Wildman–Crippen LogP) is 2.81. The van der Waals surface area contributed by atoms with Gasteiger partial charge in [-0.3, -0.25) is 0 Å². The van der Waals surface area contributed by atoms with Crippen molar-refractivity contribution in [3.8, 4) is 5.75 Å². The monoisotopic (exact) mass is 205 g/mol. The highest BCUT2D eigenvalue weighted by Gasteiger charge is 2.19. The van der Waals surface area contributed by atoms with Crippen LogP contribution in [0.15, 0.2) is 18.2 Å². The molecule has 0 fully saturated rings. The van der Waals surface area contributed by atoms with E-state index in [1.54, 1.807) is 0 Å². The standard InChI is InChI=1S/C13H19NO/c1-3-4-12(14)10-5-6-13-11(8-10)7-9(2)15-13/h5-6,8-9,12H,3-4,7,14H2,1-2H3. The van der Waals surface area contributed by atoms with Crippen molar-refractivity contribution in [3.63, 3.8) is 0 Å². The van der Waals surface area contributed by atoms with E-state index in [9.17, 15) is 0 Å². The van der Waals surface area contributed by atoms with Gasteiger partial charge in [0.15, 0.2) is 0 Å². The topological polar surface area (TPSA) is 35.2 Å². The maximum Gasteiger partial charge on any atom is 0.123 e. The van der Waals surface area contributed by atoms with Gasteiger partial charge in [0.25, 0.3) is 0 Å².